The summed E-state index contributed by atoms with van der Waals surface area (Å²) in [5.74, 6) is 0.600. The fourth-order valence-electron chi connectivity index (χ4n) is 2.03. The van der Waals surface area contributed by atoms with Gasteiger partial charge in [0.2, 0.25) is 0 Å². The number of anilines is 1. The average molecular weight is 319 g/mol. The first-order valence-electron chi connectivity index (χ1n) is 7.00. The highest BCUT2D eigenvalue weighted by Gasteiger charge is 2.17. The van der Waals surface area contributed by atoms with Crippen molar-refractivity contribution in [3.63, 3.8) is 0 Å². The second kappa shape index (κ2) is 6.01. The first kappa shape index (κ1) is 16.4. The Morgan fingerprint density at radius 2 is 1.64 bits per heavy atom. The summed E-state index contributed by atoms with van der Waals surface area (Å²) >= 11 is 0. The minimum absolute atomic E-state index is 0.0114. The first-order chi connectivity index (χ1) is 10.2. The molecule has 0 radical (unpaired) electrons. The number of hydrogen-bond donors (Lipinski definition) is 1. The van der Waals surface area contributed by atoms with Crippen molar-refractivity contribution in [2.45, 2.75) is 31.1 Å². The van der Waals surface area contributed by atoms with Crippen LogP contribution in [-0.4, -0.2) is 15.5 Å². The molecule has 0 heterocycles. The molecule has 0 aliphatic rings. The maximum absolute atomic E-state index is 12.4. The second-order valence-electron chi connectivity index (χ2n) is 6.11. The zero-order valence-electron chi connectivity index (χ0n) is 13.3. The van der Waals surface area contributed by atoms with E-state index in [1.807, 2.05) is 12.1 Å². The molecular weight excluding hydrogens is 298 g/mol. The largest absolute Gasteiger partial charge is 0.497 e. The van der Waals surface area contributed by atoms with E-state index in [9.17, 15) is 8.42 Å². The molecule has 4 nitrogen and oxygen atoms in total. The van der Waals surface area contributed by atoms with Gasteiger partial charge in [-0.05, 0) is 35.2 Å². The second-order valence-corrected chi connectivity index (χ2v) is 7.79. The molecule has 2 aromatic carbocycles. The Balaban J connectivity index is 2.26. The molecule has 0 fully saturated rings. The van der Waals surface area contributed by atoms with E-state index in [0.717, 1.165) is 5.56 Å². The third-order valence-corrected chi connectivity index (χ3v) is 4.75. The number of nitrogens with one attached hydrogen (secondary N) is 1. The molecule has 0 bridgehead atoms. The highest BCUT2D eigenvalue weighted by molar-refractivity contribution is 7.92. The van der Waals surface area contributed by atoms with Crippen LogP contribution in [0, 0.1) is 0 Å². The predicted molar refractivity (Wildman–Crippen MR) is 88.9 cm³/mol. The molecule has 0 aromatic heterocycles. The van der Waals surface area contributed by atoms with Crippen molar-refractivity contribution in [3.05, 3.63) is 54.1 Å². The topological polar surface area (TPSA) is 55.4 Å². The SMILES string of the molecule is COc1cccc(NS(=O)(=O)c2ccc(C(C)(C)C)cc2)c1. The summed E-state index contributed by atoms with van der Waals surface area (Å²) in [6.07, 6.45) is 0. The molecular formula is C17H21NO3S. The maximum Gasteiger partial charge on any atom is 0.261 e. The Morgan fingerprint density at radius 1 is 1.00 bits per heavy atom. The van der Waals surface area contributed by atoms with Gasteiger partial charge in [0.25, 0.3) is 10.0 Å². The molecule has 0 atom stereocenters. The lowest BCUT2D eigenvalue weighted by molar-refractivity contribution is 0.415. The monoisotopic (exact) mass is 319 g/mol. The Bertz CT molecular complexity index is 744. The van der Waals surface area contributed by atoms with Gasteiger partial charge in [0.15, 0.2) is 0 Å². The zero-order chi connectivity index (χ0) is 16.4. The first-order valence-corrected chi connectivity index (χ1v) is 8.48. The summed E-state index contributed by atoms with van der Waals surface area (Å²) in [6, 6.07) is 13.8. The summed E-state index contributed by atoms with van der Waals surface area (Å²) in [5.41, 5.74) is 1.55. The lowest BCUT2D eigenvalue weighted by Gasteiger charge is -2.19. The van der Waals surface area contributed by atoms with E-state index >= 15 is 0 Å². The van der Waals surface area contributed by atoms with E-state index in [0.29, 0.717) is 11.4 Å². The molecule has 0 aliphatic heterocycles. The lowest BCUT2D eigenvalue weighted by Crippen LogP contribution is -2.14. The minimum atomic E-state index is -3.61. The van der Waals surface area contributed by atoms with Crippen LogP contribution in [0.25, 0.3) is 0 Å². The van der Waals surface area contributed by atoms with Crippen molar-refractivity contribution in [3.8, 4) is 5.75 Å². The van der Waals surface area contributed by atoms with Crippen LogP contribution in [0.15, 0.2) is 53.4 Å². The van der Waals surface area contributed by atoms with E-state index < -0.39 is 10.0 Å². The van der Waals surface area contributed by atoms with Gasteiger partial charge in [-0.2, -0.15) is 0 Å². The van der Waals surface area contributed by atoms with E-state index in [1.54, 1.807) is 43.5 Å². The molecule has 1 N–H and O–H groups in total. The smallest absolute Gasteiger partial charge is 0.261 e. The van der Waals surface area contributed by atoms with Gasteiger partial charge >= 0.3 is 0 Å². The Morgan fingerprint density at radius 3 is 2.18 bits per heavy atom. The number of ether oxygens (including phenoxy) is 1. The molecule has 5 heteroatoms. The lowest BCUT2D eigenvalue weighted by atomic mass is 9.87. The highest BCUT2D eigenvalue weighted by atomic mass is 32.2. The summed E-state index contributed by atoms with van der Waals surface area (Å²) in [6.45, 7) is 6.26. The number of hydrogen-bond acceptors (Lipinski definition) is 3. The third kappa shape index (κ3) is 3.80. The summed E-state index contributed by atoms with van der Waals surface area (Å²) in [4.78, 5) is 0.239. The van der Waals surface area contributed by atoms with Gasteiger partial charge in [0, 0.05) is 6.07 Å². The van der Waals surface area contributed by atoms with E-state index in [1.165, 1.54) is 0 Å². The van der Waals surface area contributed by atoms with Gasteiger partial charge < -0.3 is 4.74 Å². The van der Waals surface area contributed by atoms with Crippen molar-refractivity contribution in [2.24, 2.45) is 0 Å². The fraction of sp³-hybridized carbons (Fsp3) is 0.294. The Hall–Kier alpha value is -2.01. The van der Waals surface area contributed by atoms with Crippen molar-refractivity contribution >= 4 is 15.7 Å². The van der Waals surface area contributed by atoms with Crippen molar-refractivity contribution < 1.29 is 13.2 Å². The third-order valence-electron chi connectivity index (χ3n) is 3.35. The normalized spacial score (nSPS) is 12.0. The zero-order valence-corrected chi connectivity index (χ0v) is 14.1. The van der Waals surface area contributed by atoms with Crippen LogP contribution in [-0.2, 0) is 15.4 Å². The van der Waals surface area contributed by atoms with Crippen LogP contribution in [0.4, 0.5) is 5.69 Å². The Kier molecular flexibility index (Phi) is 4.47. The number of methoxy groups -OCH3 is 1. The Labute approximate surface area is 132 Å². The molecule has 0 unspecified atom stereocenters. The van der Waals surface area contributed by atoms with Gasteiger partial charge in [-0.1, -0.05) is 39.0 Å². The number of benzene rings is 2. The number of rotatable bonds is 4. The molecule has 0 saturated heterocycles. The fourth-order valence-corrected chi connectivity index (χ4v) is 3.08. The predicted octanol–water partition coefficient (Wildman–Crippen LogP) is 3.79. The standard InChI is InChI=1S/C17H21NO3S/c1-17(2,3)13-8-10-16(11-9-13)22(19,20)18-14-6-5-7-15(12-14)21-4/h5-12,18H,1-4H3. The maximum atomic E-state index is 12.4. The quantitative estimate of drug-likeness (QED) is 0.932. The molecule has 22 heavy (non-hydrogen) atoms. The van der Waals surface area contributed by atoms with Gasteiger partial charge in [-0.3, -0.25) is 4.72 Å². The molecule has 2 rings (SSSR count). The van der Waals surface area contributed by atoms with Crippen LogP contribution < -0.4 is 9.46 Å². The van der Waals surface area contributed by atoms with E-state index in [2.05, 4.69) is 25.5 Å². The van der Waals surface area contributed by atoms with Crippen molar-refractivity contribution in [1.82, 2.24) is 0 Å². The minimum Gasteiger partial charge on any atom is -0.497 e. The van der Waals surface area contributed by atoms with E-state index in [-0.39, 0.29) is 10.3 Å². The molecule has 0 aliphatic carbocycles. The molecule has 118 valence electrons. The average Bonchev–Trinajstić information content (AvgIpc) is 2.46. The summed E-state index contributed by atoms with van der Waals surface area (Å²) in [5, 5.41) is 0. The summed E-state index contributed by atoms with van der Waals surface area (Å²) < 4.78 is 32.5. The number of sulfonamides is 1. The van der Waals surface area contributed by atoms with Gasteiger partial charge in [0.05, 0.1) is 17.7 Å². The van der Waals surface area contributed by atoms with Crippen LogP contribution in [0.3, 0.4) is 0 Å². The summed E-state index contributed by atoms with van der Waals surface area (Å²) in [7, 11) is -2.07. The van der Waals surface area contributed by atoms with Crippen LogP contribution >= 0.6 is 0 Å². The molecule has 0 saturated carbocycles. The van der Waals surface area contributed by atoms with Gasteiger partial charge in [-0.15, -0.1) is 0 Å². The van der Waals surface area contributed by atoms with Crippen molar-refractivity contribution in [1.29, 1.82) is 0 Å². The highest BCUT2D eigenvalue weighted by Crippen LogP contribution is 2.25. The van der Waals surface area contributed by atoms with Crippen LogP contribution in [0.5, 0.6) is 5.75 Å². The van der Waals surface area contributed by atoms with E-state index in [4.69, 9.17) is 4.74 Å². The van der Waals surface area contributed by atoms with Crippen LogP contribution in [0.2, 0.25) is 0 Å². The molecule has 2 aromatic rings. The molecule has 0 amide bonds. The van der Waals surface area contributed by atoms with Crippen LogP contribution in [0.1, 0.15) is 26.3 Å². The van der Waals surface area contributed by atoms with Crippen molar-refractivity contribution in [2.75, 3.05) is 11.8 Å². The van der Waals surface area contributed by atoms with Gasteiger partial charge in [-0.25, -0.2) is 8.42 Å². The van der Waals surface area contributed by atoms with Gasteiger partial charge in [0.1, 0.15) is 5.75 Å². The molecule has 0 spiro atoms.